The van der Waals surface area contributed by atoms with E-state index >= 15 is 0 Å². The molecule has 3 nitrogen and oxygen atoms in total. The van der Waals surface area contributed by atoms with Gasteiger partial charge in [-0.3, -0.25) is 4.84 Å². The molecule has 0 aliphatic carbocycles. The first-order valence-corrected chi connectivity index (χ1v) is 7.30. The molecule has 1 heterocycles. The standard InChI is InChI=1S/C17H16ClNO2/c18-16-8-6-14(7-9-16)17-15(11-20)12-21-19(17)10-13-4-2-1-3-5-13/h1-9,11,15,17H,10,12H2/t15-,17+/m1/s1. The van der Waals surface area contributed by atoms with Crippen molar-refractivity contribution in [2.75, 3.05) is 6.61 Å². The van der Waals surface area contributed by atoms with E-state index in [4.69, 9.17) is 16.4 Å². The third-order valence-corrected chi connectivity index (χ3v) is 3.97. The van der Waals surface area contributed by atoms with Crippen LogP contribution in [-0.2, 0) is 16.2 Å². The van der Waals surface area contributed by atoms with Gasteiger partial charge in [0.05, 0.1) is 18.6 Å². The fraction of sp³-hybridized carbons (Fsp3) is 0.235. The van der Waals surface area contributed by atoms with Crippen molar-refractivity contribution < 1.29 is 9.63 Å². The molecule has 1 aliphatic heterocycles. The maximum Gasteiger partial charge on any atom is 0.127 e. The van der Waals surface area contributed by atoms with Crippen LogP contribution in [0.3, 0.4) is 0 Å². The first kappa shape index (κ1) is 14.3. The number of hydroxylamine groups is 2. The van der Waals surface area contributed by atoms with E-state index in [0.717, 1.165) is 17.4 Å². The van der Waals surface area contributed by atoms with Gasteiger partial charge >= 0.3 is 0 Å². The Morgan fingerprint density at radius 2 is 1.86 bits per heavy atom. The second-order valence-corrected chi connectivity index (χ2v) is 5.59. The minimum absolute atomic E-state index is 0.0695. The highest BCUT2D eigenvalue weighted by Crippen LogP contribution is 2.35. The van der Waals surface area contributed by atoms with Crippen LogP contribution in [0.2, 0.25) is 5.02 Å². The van der Waals surface area contributed by atoms with E-state index in [9.17, 15) is 4.79 Å². The summed E-state index contributed by atoms with van der Waals surface area (Å²) in [5, 5.41) is 2.58. The molecule has 0 N–H and O–H groups in total. The number of nitrogens with zero attached hydrogens (tertiary/aromatic N) is 1. The molecule has 0 spiro atoms. The zero-order chi connectivity index (χ0) is 14.7. The van der Waals surface area contributed by atoms with Crippen molar-refractivity contribution in [2.45, 2.75) is 12.6 Å². The monoisotopic (exact) mass is 301 g/mol. The van der Waals surface area contributed by atoms with Crippen LogP contribution in [0, 0.1) is 5.92 Å². The minimum atomic E-state index is -0.158. The largest absolute Gasteiger partial charge is 0.303 e. The summed E-state index contributed by atoms with van der Waals surface area (Å²) in [7, 11) is 0. The predicted octanol–water partition coefficient (Wildman–Crippen LogP) is 3.64. The van der Waals surface area contributed by atoms with Gasteiger partial charge in [-0.2, -0.15) is 5.06 Å². The summed E-state index contributed by atoms with van der Waals surface area (Å²) in [6.45, 7) is 1.07. The maximum absolute atomic E-state index is 11.3. The van der Waals surface area contributed by atoms with Crippen LogP contribution in [0.1, 0.15) is 17.2 Å². The molecular formula is C17H16ClNO2. The van der Waals surface area contributed by atoms with E-state index in [1.807, 2.05) is 47.5 Å². The Labute approximate surface area is 129 Å². The van der Waals surface area contributed by atoms with Crippen LogP contribution >= 0.6 is 11.6 Å². The topological polar surface area (TPSA) is 29.5 Å². The molecule has 1 aliphatic rings. The SMILES string of the molecule is O=C[C@@H]1CON(Cc2ccccc2)[C@H]1c1ccc(Cl)cc1. The van der Waals surface area contributed by atoms with Gasteiger partial charge < -0.3 is 4.79 Å². The Bertz CT molecular complexity index is 600. The lowest BCUT2D eigenvalue weighted by Gasteiger charge is -2.24. The van der Waals surface area contributed by atoms with Crippen molar-refractivity contribution >= 4 is 17.9 Å². The van der Waals surface area contributed by atoms with E-state index in [0.29, 0.717) is 18.2 Å². The zero-order valence-electron chi connectivity index (χ0n) is 11.5. The van der Waals surface area contributed by atoms with Crippen molar-refractivity contribution in [3.63, 3.8) is 0 Å². The number of carbonyl (C=O) groups is 1. The average Bonchev–Trinajstić information content (AvgIpc) is 2.92. The molecule has 2 aromatic carbocycles. The van der Waals surface area contributed by atoms with Crippen LogP contribution in [-0.4, -0.2) is 18.0 Å². The van der Waals surface area contributed by atoms with Crippen LogP contribution in [0.4, 0.5) is 0 Å². The molecule has 2 aromatic rings. The van der Waals surface area contributed by atoms with Gasteiger partial charge in [0.15, 0.2) is 0 Å². The molecule has 0 radical (unpaired) electrons. The van der Waals surface area contributed by atoms with Crippen molar-refractivity contribution in [2.24, 2.45) is 5.92 Å². The lowest BCUT2D eigenvalue weighted by molar-refractivity contribution is -0.141. The van der Waals surface area contributed by atoms with Crippen LogP contribution < -0.4 is 0 Å². The molecule has 2 atom stereocenters. The van der Waals surface area contributed by atoms with Gasteiger partial charge in [0.2, 0.25) is 0 Å². The molecular weight excluding hydrogens is 286 g/mol. The number of hydrogen-bond acceptors (Lipinski definition) is 3. The molecule has 1 fully saturated rings. The Morgan fingerprint density at radius 1 is 1.14 bits per heavy atom. The quantitative estimate of drug-likeness (QED) is 0.808. The molecule has 4 heteroatoms. The molecule has 0 amide bonds. The van der Waals surface area contributed by atoms with Crippen molar-refractivity contribution in [3.05, 3.63) is 70.7 Å². The molecule has 1 saturated heterocycles. The van der Waals surface area contributed by atoms with Crippen LogP contribution in [0.25, 0.3) is 0 Å². The van der Waals surface area contributed by atoms with Gasteiger partial charge in [-0.05, 0) is 23.3 Å². The third-order valence-electron chi connectivity index (χ3n) is 3.72. The van der Waals surface area contributed by atoms with Gasteiger partial charge in [-0.15, -0.1) is 0 Å². The highest BCUT2D eigenvalue weighted by molar-refractivity contribution is 6.30. The summed E-state index contributed by atoms with van der Waals surface area (Å²) in [6, 6.07) is 17.6. The Balaban J connectivity index is 1.85. The number of rotatable bonds is 4. The molecule has 0 aromatic heterocycles. The Kier molecular flexibility index (Phi) is 4.34. The highest BCUT2D eigenvalue weighted by Gasteiger charge is 2.36. The van der Waals surface area contributed by atoms with Crippen LogP contribution in [0.15, 0.2) is 54.6 Å². The molecule has 21 heavy (non-hydrogen) atoms. The van der Waals surface area contributed by atoms with Crippen molar-refractivity contribution in [3.8, 4) is 0 Å². The van der Waals surface area contributed by atoms with Gasteiger partial charge in [0, 0.05) is 11.6 Å². The number of aldehydes is 1. The fourth-order valence-electron chi connectivity index (χ4n) is 2.66. The van der Waals surface area contributed by atoms with Crippen molar-refractivity contribution in [1.29, 1.82) is 0 Å². The molecule has 108 valence electrons. The van der Waals surface area contributed by atoms with E-state index in [1.165, 1.54) is 0 Å². The second-order valence-electron chi connectivity index (χ2n) is 5.15. The summed E-state index contributed by atoms with van der Waals surface area (Å²) >= 11 is 5.94. The minimum Gasteiger partial charge on any atom is -0.303 e. The summed E-state index contributed by atoms with van der Waals surface area (Å²) in [4.78, 5) is 17.0. The summed E-state index contributed by atoms with van der Waals surface area (Å²) in [5.74, 6) is -0.158. The van der Waals surface area contributed by atoms with E-state index < -0.39 is 0 Å². The van der Waals surface area contributed by atoms with E-state index in [1.54, 1.807) is 0 Å². The first-order valence-electron chi connectivity index (χ1n) is 6.92. The highest BCUT2D eigenvalue weighted by atomic mass is 35.5. The Morgan fingerprint density at radius 3 is 2.52 bits per heavy atom. The van der Waals surface area contributed by atoms with Crippen LogP contribution in [0.5, 0.6) is 0 Å². The zero-order valence-corrected chi connectivity index (χ0v) is 12.2. The third kappa shape index (κ3) is 3.16. The van der Waals surface area contributed by atoms with Crippen molar-refractivity contribution in [1.82, 2.24) is 5.06 Å². The summed E-state index contributed by atoms with van der Waals surface area (Å²) in [5.41, 5.74) is 2.20. The fourth-order valence-corrected chi connectivity index (χ4v) is 2.79. The van der Waals surface area contributed by atoms with Gasteiger partial charge in [-0.25, -0.2) is 0 Å². The van der Waals surface area contributed by atoms with Gasteiger partial charge in [-0.1, -0.05) is 54.1 Å². The smallest absolute Gasteiger partial charge is 0.127 e. The van der Waals surface area contributed by atoms with E-state index in [2.05, 4.69) is 12.1 Å². The second kappa shape index (κ2) is 6.39. The summed E-state index contributed by atoms with van der Waals surface area (Å²) < 4.78 is 0. The molecule has 0 bridgehead atoms. The van der Waals surface area contributed by atoms with Gasteiger partial charge in [0.25, 0.3) is 0 Å². The normalized spacial score (nSPS) is 22.3. The Hall–Kier alpha value is -1.68. The molecule has 0 saturated carbocycles. The van der Waals surface area contributed by atoms with E-state index in [-0.39, 0.29) is 12.0 Å². The van der Waals surface area contributed by atoms with Gasteiger partial charge in [0.1, 0.15) is 6.29 Å². The number of benzene rings is 2. The number of hydrogen-bond donors (Lipinski definition) is 0. The lowest BCUT2D eigenvalue weighted by Crippen LogP contribution is -2.24. The predicted molar refractivity (Wildman–Crippen MR) is 81.7 cm³/mol. The maximum atomic E-state index is 11.3. The summed E-state index contributed by atoms with van der Waals surface area (Å²) in [6.07, 6.45) is 0.976. The number of halogens is 1. The lowest BCUT2D eigenvalue weighted by atomic mass is 9.95. The first-order chi connectivity index (χ1) is 10.3. The average molecular weight is 302 g/mol. The number of carbonyl (C=O) groups excluding carboxylic acids is 1. The molecule has 3 rings (SSSR count). The molecule has 0 unspecified atom stereocenters.